The molecule has 0 spiro atoms. The van der Waals surface area contributed by atoms with Crippen LogP contribution in [0.1, 0.15) is 88.5 Å². The zero-order valence-corrected chi connectivity index (χ0v) is 18.7. The van der Waals surface area contributed by atoms with Crippen LogP contribution in [-0.2, 0) is 14.3 Å². The first-order chi connectivity index (χ1) is 12.8. The average molecular weight is 419 g/mol. The van der Waals surface area contributed by atoms with Crippen molar-refractivity contribution in [2.45, 2.75) is 112 Å². The van der Waals surface area contributed by atoms with Crippen LogP contribution in [0.2, 0.25) is 0 Å². The summed E-state index contributed by atoms with van der Waals surface area (Å²) in [4.78, 5) is 17.9. The van der Waals surface area contributed by atoms with Crippen LogP contribution in [0.5, 0.6) is 0 Å². The van der Waals surface area contributed by atoms with Gasteiger partial charge >= 0.3 is 0 Å². The molecular weight excluding hydrogens is 376 g/mol. The summed E-state index contributed by atoms with van der Waals surface area (Å²) in [5.41, 5.74) is -1.08. The molecule has 2 unspecified atom stereocenters. The monoisotopic (exact) mass is 418 g/mol. The molecule has 29 heavy (non-hydrogen) atoms. The van der Waals surface area contributed by atoms with E-state index in [2.05, 4.69) is 9.98 Å². The van der Waals surface area contributed by atoms with Crippen molar-refractivity contribution in [1.82, 2.24) is 0 Å². The highest BCUT2D eigenvalue weighted by molar-refractivity contribution is 5.67. The third-order valence-electron chi connectivity index (χ3n) is 2.92. The molecule has 0 bridgehead atoms. The Morgan fingerprint density at radius 1 is 0.931 bits per heavy atom. The van der Waals surface area contributed by atoms with Crippen molar-refractivity contribution in [2.24, 2.45) is 9.98 Å². The van der Waals surface area contributed by atoms with Crippen LogP contribution in [-0.4, -0.2) is 53.5 Å². The summed E-state index contributed by atoms with van der Waals surface area (Å²) >= 11 is 0. The Hall–Kier alpha value is -1.83. The summed E-state index contributed by atoms with van der Waals surface area (Å²) in [6.07, 6.45) is 2.41. The van der Waals surface area contributed by atoms with E-state index in [1.807, 2.05) is 13.8 Å². The minimum Gasteiger partial charge on any atom is -0.595 e. The Kier molecular flexibility index (Phi) is 17.6. The first-order valence-electron chi connectivity index (χ1n) is 9.71. The summed E-state index contributed by atoms with van der Waals surface area (Å²) in [6, 6.07) is -0.885. The molecule has 0 radical (unpaired) electrons. The molecule has 0 aromatic carbocycles. The quantitative estimate of drug-likeness (QED) is 0.366. The number of carbonyl (C=O) groups is 1. The molecule has 0 rings (SSSR count). The number of ether oxygens (including phenoxy) is 2. The highest BCUT2D eigenvalue weighted by Gasteiger charge is 2.08. The molecule has 8 nitrogen and oxygen atoms in total. The number of hydrogen-bond acceptors (Lipinski definition) is 8. The maximum absolute atomic E-state index is 11.2. The second-order valence-corrected chi connectivity index (χ2v) is 8.34. The van der Waals surface area contributed by atoms with Gasteiger partial charge in [0.1, 0.15) is 24.5 Å². The number of hydrogen-bond donors (Lipinski definition) is 1. The van der Waals surface area contributed by atoms with Gasteiger partial charge in [-0.25, -0.2) is 0 Å². The topological polar surface area (TPSA) is 127 Å². The van der Waals surface area contributed by atoms with E-state index in [9.17, 15) is 15.0 Å². The lowest BCUT2D eigenvalue weighted by Crippen LogP contribution is -2.33. The molecule has 0 aromatic heterocycles. The molecule has 2 atom stereocenters. The van der Waals surface area contributed by atoms with Crippen molar-refractivity contribution in [3.8, 4) is 0 Å². The Labute approximate surface area is 177 Å². The average Bonchev–Trinajstić information content (AvgIpc) is 2.51. The highest BCUT2D eigenvalue weighted by atomic mass is 16.6. The van der Waals surface area contributed by atoms with Gasteiger partial charge in [-0.2, -0.15) is 0 Å². The van der Waals surface area contributed by atoms with Crippen molar-refractivity contribution in [1.29, 1.82) is 0 Å². The number of aldehydes is 1. The standard InChI is InChI=1S/C10H21NO3.C10H19NO3.CH4/c2*1-5-6-8(7-12)11-9(13)14-10(2,3)4;/h8,12H,5-7H2,1-4H3,(H,11,13);7-8H,5-6H2,1-4H3,(H,11,13);1H4/p-2. The van der Waals surface area contributed by atoms with Crippen LogP contribution >= 0.6 is 0 Å². The van der Waals surface area contributed by atoms with Gasteiger partial charge in [-0.15, -0.1) is 0 Å². The van der Waals surface area contributed by atoms with Crippen LogP contribution in [0.15, 0.2) is 9.98 Å². The smallest absolute Gasteiger partial charge is 0.146 e. The highest BCUT2D eigenvalue weighted by Crippen LogP contribution is 2.08. The first kappa shape index (κ1) is 31.9. The molecule has 0 heterocycles. The summed E-state index contributed by atoms with van der Waals surface area (Å²) in [5, 5.41) is 31.3. The zero-order chi connectivity index (χ0) is 22.4. The van der Waals surface area contributed by atoms with E-state index in [1.54, 1.807) is 41.5 Å². The first-order valence-corrected chi connectivity index (χ1v) is 9.71. The molecular formula is C21H42N2O6-2. The summed E-state index contributed by atoms with van der Waals surface area (Å²) in [7, 11) is 0. The summed E-state index contributed by atoms with van der Waals surface area (Å²) in [6.45, 7) is 14.4. The van der Waals surface area contributed by atoms with Gasteiger partial charge in [0.2, 0.25) is 0 Å². The number of aliphatic imine (C=N–C) groups is 2. The van der Waals surface area contributed by atoms with Crippen molar-refractivity contribution in [3.05, 3.63) is 0 Å². The molecule has 0 aliphatic carbocycles. The van der Waals surface area contributed by atoms with E-state index in [1.165, 1.54) is 0 Å². The fourth-order valence-corrected chi connectivity index (χ4v) is 1.85. The molecule has 0 fully saturated rings. The van der Waals surface area contributed by atoms with Crippen LogP contribution in [0.25, 0.3) is 0 Å². The summed E-state index contributed by atoms with van der Waals surface area (Å²) < 4.78 is 9.95. The number of carbonyl (C=O) groups excluding carboxylic acids is 1. The molecule has 0 aromatic rings. The van der Waals surface area contributed by atoms with Crippen LogP contribution < -0.4 is 10.2 Å². The van der Waals surface area contributed by atoms with Crippen LogP contribution in [0.4, 0.5) is 0 Å². The van der Waals surface area contributed by atoms with Crippen molar-refractivity contribution in [3.63, 3.8) is 0 Å². The Morgan fingerprint density at radius 3 is 1.66 bits per heavy atom. The molecule has 0 saturated carbocycles. The van der Waals surface area contributed by atoms with E-state index >= 15 is 0 Å². The maximum Gasteiger partial charge on any atom is 0.146 e. The van der Waals surface area contributed by atoms with Crippen molar-refractivity contribution < 1.29 is 29.6 Å². The lowest BCUT2D eigenvalue weighted by Gasteiger charge is -2.30. The van der Waals surface area contributed by atoms with E-state index in [4.69, 9.17) is 14.6 Å². The van der Waals surface area contributed by atoms with Gasteiger partial charge in [0.05, 0.1) is 12.6 Å². The largest absolute Gasteiger partial charge is 0.595 e. The molecule has 0 aliphatic rings. The molecule has 0 saturated heterocycles. The predicted octanol–water partition coefficient (Wildman–Crippen LogP) is 2.20. The summed E-state index contributed by atoms with van der Waals surface area (Å²) in [5.74, 6) is 0. The van der Waals surface area contributed by atoms with Gasteiger partial charge in [-0.05, 0) is 12.8 Å². The Bertz CT molecular complexity index is 479. The van der Waals surface area contributed by atoms with Gasteiger partial charge < -0.3 is 29.6 Å². The SMILES string of the molecule is C.CCCC(C=O)N=C([O-])OC(C)(C)C.CCCC(CO)N=C([O-])OC(C)(C)C. The van der Waals surface area contributed by atoms with Crippen LogP contribution in [0, 0.1) is 0 Å². The molecule has 0 aliphatic heterocycles. The number of nitrogens with zero attached hydrogens (tertiary/aromatic N) is 2. The fourth-order valence-electron chi connectivity index (χ4n) is 1.85. The van der Waals surface area contributed by atoms with Gasteiger partial charge in [0.25, 0.3) is 0 Å². The van der Waals surface area contributed by atoms with Gasteiger partial charge in [0, 0.05) is 11.2 Å². The van der Waals surface area contributed by atoms with E-state index in [-0.39, 0.29) is 20.1 Å². The predicted molar refractivity (Wildman–Crippen MR) is 114 cm³/mol. The van der Waals surface area contributed by atoms with E-state index in [0.717, 1.165) is 12.8 Å². The lowest BCUT2D eigenvalue weighted by atomic mass is 10.2. The van der Waals surface area contributed by atoms with Crippen LogP contribution in [0.3, 0.4) is 0 Å². The van der Waals surface area contributed by atoms with Crippen molar-refractivity contribution >= 4 is 18.5 Å². The van der Waals surface area contributed by atoms with Gasteiger partial charge in [0.15, 0.2) is 0 Å². The van der Waals surface area contributed by atoms with Gasteiger partial charge in [-0.3, -0.25) is 9.98 Å². The number of rotatable bonds is 8. The lowest BCUT2D eigenvalue weighted by molar-refractivity contribution is -0.262. The number of aliphatic hydroxyl groups is 1. The third-order valence-corrected chi connectivity index (χ3v) is 2.92. The molecule has 0 amide bonds. The second-order valence-electron chi connectivity index (χ2n) is 8.34. The Balaban J connectivity index is -0.000000451. The van der Waals surface area contributed by atoms with E-state index < -0.39 is 29.4 Å². The third kappa shape index (κ3) is 22.3. The Morgan fingerprint density at radius 2 is 1.34 bits per heavy atom. The second kappa shape index (κ2) is 16.0. The molecule has 174 valence electrons. The molecule has 1 N–H and O–H groups in total. The zero-order valence-electron chi connectivity index (χ0n) is 18.7. The number of aliphatic hydroxyl groups excluding tert-OH is 1. The normalized spacial score (nSPS) is 14.7. The molecule has 8 heteroatoms. The maximum atomic E-state index is 11.2. The van der Waals surface area contributed by atoms with Gasteiger partial charge in [-0.1, -0.05) is 75.7 Å². The minimum atomic E-state index is -0.664. The van der Waals surface area contributed by atoms with E-state index in [0.29, 0.717) is 19.1 Å². The van der Waals surface area contributed by atoms with Crippen molar-refractivity contribution in [2.75, 3.05) is 6.61 Å². The fraction of sp³-hybridized carbons (Fsp3) is 0.857. The minimum absolute atomic E-state index is 0.